The molecule has 0 fully saturated rings. The van der Waals surface area contributed by atoms with Gasteiger partial charge >= 0.3 is 0 Å². The second-order valence-corrected chi connectivity index (χ2v) is 6.18. The fraction of sp³-hybridized carbons (Fsp3) is 0.105. The predicted octanol–water partition coefficient (Wildman–Crippen LogP) is 2.40. The van der Waals surface area contributed by atoms with Gasteiger partial charge in [-0.3, -0.25) is 20.4 Å². The highest BCUT2D eigenvalue weighted by Crippen LogP contribution is 2.11. The molecule has 132 valence electrons. The Bertz CT molecular complexity index is 1010. The SMILES string of the molecule is Cc1[nH]c2ccccc2c(=O)c1CC(=O)NNC(=S)Nc1ccccc1. The van der Waals surface area contributed by atoms with Gasteiger partial charge in [0.2, 0.25) is 5.91 Å². The molecule has 3 rings (SSSR count). The van der Waals surface area contributed by atoms with E-state index < -0.39 is 0 Å². The Balaban J connectivity index is 1.64. The normalized spacial score (nSPS) is 10.3. The van der Waals surface area contributed by atoms with E-state index in [9.17, 15) is 9.59 Å². The van der Waals surface area contributed by atoms with Crippen LogP contribution in [0.4, 0.5) is 5.69 Å². The number of aryl methyl sites for hydroxylation is 1. The third kappa shape index (κ3) is 4.07. The van der Waals surface area contributed by atoms with Crippen LogP contribution >= 0.6 is 12.2 Å². The standard InChI is InChI=1S/C19H18N4O2S/c1-12-15(18(25)14-9-5-6-10-16(14)20-12)11-17(24)22-23-19(26)21-13-7-3-2-4-8-13/h2-10H,11H2,1H3,(H,20,25)(H,22,24)(H2,21,23,26). The summed E-state index contributed by atoms with van der Waals surface area (Å²) in [6.07, 6.45) is -0.0487. The van der Waals surface area contributed by atoms with Crippen molar-refractivity contribution >= 4 is 39.8 Å². The average molecular weight is 366 g/mol. The molecule has 3 aromatic rings. The van der Waals surface area contributed by atoms with Gasteiger partial charge in [0.1, 0.15) is 0 Å². The van der Waals surface area contributed by atoms with E-state index in [4.69, 9.17) is 12.2 Å². The van der Waals surface area contributed by atoms with E-state index in [0.29, 0.717) is 16.6 Å². The summed E-state index contributed by atoms with van der Waals surface area (Å²) in [6.45, 7) is 1.78. The minimum Gasteiger partial charge on any atom is -0.358 e. The van der Waals surface area contributed by atoms with Crippen molar-refractivity contribution in [1.29, 1.82) is 0 Å². The van der Waals surface area contributed by atoms with Gasteiger partial charge in [-0.2, -0.15) is 0 Å². The number of fused-ring (bicyclic) bond motifs is 1. The number of aromatic amines is 1. The number of amides is 1. The van der Waals surface area contributed by atoms with Gasteiger partial charge in [-0.15, -0.1) is 0 Å². The lowest BCUT2D eigenvalue weighted by atomic mass is 10.1. The van der Waals surface area contributed by atoms with Crippen LogP contribution in [0.2, 0.25) is 0 Å². The third-order valence-corrected chi connectivity index (χ3v) is 4.11. The Morgan fingerprint density at radius 3 is 2.50 bits per heavy atom. The fourth-order valence-electron chi connectivity index (χ4n) is 2.63. The zero-order valence-corrected chi connectivity index (χ0v) is 14.9. The lowest BCUT2D eigenvalue weighted by Crippen LogP contribution is -2.44. The fourth-order valence-corrected chi connectivity index (χ4v) is 2.80. The number of carbonyl (C=O) groups is 1. The molecule has 4 N–H and O–H groups in total. The Kier molecular flexibility index (Phi) is 5.28. The van der Waals surface area contributed by atoms with Gasteiger partial charge in [-0.1, -0.05) is 30.3 Å². The number of carbonyl (C=O) groups excluding carboxylic acids is 1. The molecule has 0 aliphatic carbocycles. The Morgan fingerprint density at radius 1 is 1.04 bits per heavy atom. The quantitative estimate of drug-likeness (QED) is 0.422. The molecule has 0 spiro atoms. The zero-order chi connectivity index (χ0) is 18.5. The lowest BCUT2D eigenvalue weighted by Gasteiger charge is -2.12. The molecule has 7 heteroatoms. The van der Waals surface area contributed by atoms with E-state index >= 15 is 0 Å². The van der Waals surface area contributed by atoms with E-state index in [2.05, 4.69) is 21.2 Å². The first-order valence-electron chi connectivity index (χ1n) is 8.06. The molecule has 0 aliphatic heterocycles. The van der Waals surface area contributed by atoms with Crippen molar-refractivity contribution in [1.82, 2.24) is 15.8 Å². The molecule has 1 aromatic heterocycles. The maximum atomic E-state index is 12.6. The number of thiocarbonyl (C=S) groups is 1. The van der Waals surface area contributed by atoms with Crippen LogP contribution in [0.3, 0.4) is 0 Å². The van der Waals surface area contributed by atoms with Crippen LogP contribution in [0.1, 0.15) is 11.3 Å². The number of anilines is 1. The highest BCUT2D eigenvalue weighted by atomic mass is 32.1. The molecule has 6 nitrogen and oxygen atoms in total. The van der Waals surface area contributed by atoms with Gasteiger partial charge < -0.3 is 10.3 Å². The Labute approximate surface area is 155 Å². The number of H-pyrrole nitrogens is 1. The minimum atomic E-state index is -0.355. The number of nitrogens with one attached hydrogen (secondary N) is 4. The summed E-state index contributed by atoms with van der Waals surface area (Å²) in [4.78, 5) is 28.0. The topological polar surface area (TPSA) is 86.0 Å². The number of para-hydroxylation sites is 2. The summed E-state index contributed by atoms with van der Waals surface area (Å²) in [7, 11) is 0. The molecule has 1 amide bonds. The highest BCUT2D eigenvalue weighted by Gasteiger charge is 2.13. The number of hydrazine groups is 1. The van der Waals surface area contributed by atoms with Crippen molar-refractivity contribution in [2.45, 2.75) is 13.3 Å². The molecular formula is C19H18N4O2S. The number of rotatable bonds is 3. The average Bonchev–Trinajstić information content (AvgIpc) is 2.64. The van der Waals surface area contributed by atoms with Crippen LogP contribution in [0.25, 0.3) is 10.9 Å². The second kappa shape index (κ2) is 7.79. The molecule has 0 atom stereocenters. The van der Waals surface area contributed by atoms with Gasteiger partial charge in [-0.25, -0.2) is 0 Å². The van der Waals surface area contributed by atoms with Crippen LogP contribution < -0.4 is 21.6 Å². The predicted molar refractivity (Wildman–Crippen MR) is 107 cm³/mol. The number of aromatic nitrogens is 1. The van der Waals surface area contributed by atoms with Crippen LogP contribution in [-0.4, -0.2) is 16.0 Å². The number of hydrogen-bond acceptors (Lipinski definition) is 3. The minimum absolute atomic E-state index is 0.0487. The van der Waals surface area contributed by atoms with Crippen LogP contribution in [0, 0.1) is 6.92 Å². The number of pyridine rings is 1. The van der Waals surface area contributed by atoms with Gasteiger partial charge in [0.25, 0.3) is 0 Å². The van der Waals surface area contributed by atoms with Crippen molar-refractivity contribution in [3.05, 3.63) is 76.1 Å². The van der Waals surface area contributed by atoms with E-state index in [-0.39, 0.29) is 22.9 Å². The van der Waals surface area contributed by atoms with Gasteiger partial charge in [0.05, 0.1) is 6.42 Å². The maximum absolute atomic E-state index is 12.6. The van der Waals surface area contributed by atoms with E-state index in [0.717, 1.165) is 11.2 Å². The molecule has 0 saturated carbocycles. The van der Waals surface area contributed by atoms with Crippen molar-refractivity contribution in [2.24, 2.45) is 0 Å². The van der Waals surface area contributed by atoms with Gasteiger partial charge in [-0.05, 0) is 43.4 Å². The Hall–Kier alpha value is -3.19. The largest absolute Gasteiger partial charge is 0.358 e. The first-order valence-corrected chi connectivity index (χ1v) is 8.47. The highest BCUT2D eigenvalue weighted by molar-refractivity contribution is 7.80. The first kappa shape index (κ1) is 17.6. The third-order valence-electron chi connectivity index (χ3n) is 3.91. The summed E-state index contributed by atoms with van der Waals surface area (Å²) in [5.41, 5.74) is 7.67. The molecule has 0 saturated heterocycles. The molecule has 1 heterocycles. The monoisotopic (exact) mass is 366 g/mol. The van der Waals surface area contributed by atoms with Crippen molar-refractivity contribution in [3.63, 3.8) is 0 Å². The van der Waals surface area contributed by atoms with Crippen LogP contribution in [0.5, 0.6) is 0 Å². The molecular weight excluding hydrogens is 348 g/mol. The van der Waals surface area contributed by atoms with Crippen LogP contribution in [-0.2, 0) is 11.2 Å². The molecule has 0 radical (unpaired) electrons. The van der Waals surface area contributed by atoms with Crippen LogP contribution in [0.15, 0.2) is 59.4 Å². The molecule has 0 unspecified atom stereocenters. The first-order chi connectivity index (χ1) is 12.5. The van der Waals surface area contributed by atoms with E-state index in [1.807, 2.05) is 42.5 Å². The van der Waals surface area contributed by atoms with E-state index in [1.165, 1.54) is 0 Å². The summed E-state index contributed by atoms with van der Waals surface area (Å²) in [5, 5.41) is 3.77. The van der Waals surface area contributed by atoms with Gasteiger partial charge in [0, 0.05) is 27.8 Å². The maximum Gasteiger partial charge on any atom is 0.243 e. The van der Waals surface area contributed by atoms with E-state index in [1.54, 1.807) is 19.1 Å². The summed E-state index contributed by atoms with van der Waals surface area (Å²) in [5.74, 6) is -0.355. The lowest BCUT2D eigenvalue weighted by molar-refractivity contribution is -0.121. The summed E-state index contributed by atoms with van der Waals surface area (Å²) in [6, 6.07) is 16.6. The van der Waals surface area contributed by atoms with Crippen molar-refractivity contribution < 1.29 is 4.79 Å². The molecule has 2 aromatic carbocycles. The molecule has 0 bridgehead atoms. The smallest absolute Gasteiger partial charge is 0.243 e. The van der Waals surface area contributed by atoms with Crippen molar-refractivity contribution in [2.75, 3.05) is 5.32 Å². The number of hydrogen-bond donors (Lipinski definition) is 4. The molecule has 0 aliphatic rings. The van der Waals surface area contributed by atoms with Crippen molar-refractivity contribution in [3.8, 4) is 0 Å². The summed E-state index contributed by atoms with van der Waals surface area (Å²) < 4.78 is 0. The number of benzene rings is 2. The second-order valence-electron chi connectivity index (χ2n) is 5.77. The zero-order valence-electron chi connectivity index (χ0n) is 14.1. The molecule has 26 heavy (non-hydrogen) atoms. The Morgan fingerprint density at radius 2 is 1.73 bits per heavy atom. The van der Waals surface area contributed by atoms with Gasteiger partial charge in [0.15, 0.2) is 10.5 Å². The summed E-state index contributed by atoms with van der Waals surface area (Å²) >= 11 is 5.13.